The minimum Gasteiger partial charge on any atom is -0.377 e. The summed E-state index contributed by atoms with van der Waals surface area (Å²) in [5.74, 6) is 0.0113. The van der Waals surface area contributed by atoms with Gasteiger partial charge in [-0.3, -0.25) is 4.79 Å². The van der Waals surface area contributed by atoms with Gasteiger partial charge in [-0.15, -0.1) is 0 Å². The van der Waals surface area contributed by atoms with Crippen molar-refractivity contribution >= 4 is 21.8 Å². The summed E-state index contributed by atoms with van der Waals surface area (Å²) in [4.78, 5) is 14.3. The van der Waals surface area contributed by atoms with Crippen molar-refractivity contribution in [2.45, 2.75) is 19.1 Å². The van der Waals surface area contributed by atoms with Gasteiger partial charge in [0.15, 0.2) is 0 Å². The third-order valence-corrected chi connectivity index (χ3v) is 4.15. The average molecular weight is 328 g/mol. The number of aryl methyl sites for hydroxylation is 1. The number of halogens is 1. The van der Waals surface area contributed by atoms with Crippen LogP contribution in [0.15, 0.2) is 22.7 Å². The van der Waals surface area contributed by atoms with E-state index >= 15 is 0 Å². The summed E-state index contributed by atoms with van der Waals surface area (Å²) in [6, 6.07) is 5.77. The average Bonchev–Trinajstić information content (AvgIpc) is 2.84. The van der Waals surface area contributed by atoms with E-state index in [-0.39, 0.29) is 18.1 Å². The molecule has 0 spiro atoms. The van der Waals surface area contributed by atoms with Gasteiger partial charge < -0.3 is 14.4 Å². The molecule has 0 N–H and O–H groups in total. The first-order chi connectivity index (χ1) is 9.06. The predicted molar refractivity (Wildman–Crippen MR) is 76.4 cm³/mol. The van der Waals surface area contributed by atoms with Crippen LogP contribution in [0.3, 0.4) is 0 Å². The van der Waals surface area contributed by atoms with Crippen molar-refractivity contribution in [3.63, 3.8) is 0 Å². The number of methoxy groups -OCH3 is 2. The first kappa shape index (κ1) is 14.5. The maximum absolute atomic E-state index is 12.5. The lowest BCUT2D eigenvalue weighted by Gasteiger charge is -2.17. The van der Waals surface area contributed by atoms with Gasteiger partial charge in [-0.1, -0.05) is 11.6 Å². The zero-order chi connectivity index (χ0) is 14.0. The van der Waals surface area contributed by atoms with Gasteiger partial charge >= 0.3 is 0 Å². The molecular formula is C14H18BrNO3. The topological polar surface area (TPSA) is 38.8 Å². The fraction of sp³-hybridized carbons (Fsp3) is 0.500. The van der Waals surface area contributed by atoms with Crippen LogP contribution in [0.25, 0.3) is 0 Å². The molecule has 2 unspecified atom stereocenters. The van der Waals surface area contributed by atoms with E-state index in [0.29, 0.717) is 18.7 Å². The van der Waals surface area contributed by atoms with E-state index in [1.165, 1.54) is 0 Å². The van der Waals surface area contributed by atoms with Gasteiger partial charge in [-0.05, 0) is 35.0 Å². The molecule has 5 heteroatoms. The highest BCUT2D eigenvalue weighted by molar-refractivity contribution is 9.10. The van der Waals surface area contributed by atoms with Crippen LogP contribution in [-0.2, 0) is 9.47 Å². The summed E-state index contributed by atoms with van der Waals surface area (Å²) >= 11 is 3.43. The zero-order valence-corrected chi connectivity index (χ0v) is 12.9. The predicted octanol–water partition coefficient (Wildman–Crippen LogP) is 2.24. The molecule has 19 heavy (non-hydrogen) atoms. The molecule has 1 aliphatic heterocycles. The molecule has 0 aliphatic carbocycles. The summed E-state index contributed by atoms with van der Waals surface area (Å²) in [7, 11) is 3.29. The van der Waals surface area contributed by atoms with E-state index in [4.69, 9.17) is 9.47 Å². The maximum atomic E-state index is 12.5. The number of hydrogen-bond donors (Lipinski definition) is 0. The van der Waals surface area contributed by atoms with E-state index in [0.717, 1.165) is 10.0 Å². The van der Waals surface area contributed by atoms with Crippen LogP contribution in [0, 0.1) is 6.92 Å². The molecule has 1 heterocycles. The van der Waals surface area contributed by atoms with Gasteiger partial charge in [-0.25, -0.2) is 0 Å². The summed E-state index contributed by atoms with van der Waals surface area (Å²) in [5.41, 5.74) is 1.75. The van der Waals surface area contributed by atoms with Gasteiger partial charge in [-0.2, -0.15) is 0 Å². The van der Waals surface area contributed by atoms with Crippen LogP contribution < -0.4 is 0 Å². The SMILES string of the molecule is COC1CN(C(=O)c2cc(C)ccc2Br)CC1OC. The second-order valence-corrected chi connectivity index (χ2v) is 5.60. The Hall–Kier alpha value is -0.910. The van der Waals surface area contributed by atoms with Gasteiger partial charge in [0, 0.05) is 31.8 Å². The largest absolute Gasteiger partial charge is 0.377 e. The van der Waals surface area contributed by atoms with Gasteiger partial charge in [0.05, 0.1) is 5.56 Å². The Morgan fingerprint density at radius 1 is 1.26 bits per heavy atom. The number of nitrogens with zero attached hydrogens (tertiary/aromatic N) is 1. The van der Waals surface area contributed by atoms with Crippen LogP contribution in [0.4, 0.5) is 0 Å². The molecule has 1 fully saturated rings. The standard InChI is InChI=1S/C14H18BrNO3/c1-9-4-5-11(15)10(6-9)14(17)16-7-12(18-2)13(8-16)19-3/h4-6,12-13H,7-8H2,1-3H3. The lowest BCUT2D eigenvalue weighted by molar-refractivity contribution is -0.00461. The number of ether oxygens (including phenoxy) is 2. The Morgan fingerprint density at radius 3 is 2.37 bits per heavy atom. The highest BCUT2D eigenvalue weighted by Crippen LogP contribution is 2.23. The third-order valence-electron chi connectivity index (χ3n) is 3.46. The fourth-order valence-electron chi connectivity index (χ4n) is 2.34. The van der Waals surface area contributed by atoms with Crippen molar-refractivity contribution in [3.8, 4) is 0 Å². The fourth-order valence-corrected chi connectivity index (χ4v) is 2.75. The number of likely N-dealkylation sites (tertiary alicyclic amines) is 1. The molecule has 0 radical (unpaired) electrons. The van der Waals surface area contributed by atoms with Crippen molar-refractivity contribution in [2.24, 2.45) is 0 Å². The van der Waals surface area contributed by atoms with E-state index in [1.807, 2.05) is 25.1 Å². The highest BCUT2D eigenvalue weighted by atomic mass is 79.9. The summed E-state index contributed by atoms with van der Waals surface area (Å²) < 4.78 is 11.5. The first-order valence-corrected chi connectivity index (χ1v) is 6.97. The Labute approximate surface area is 121 Å². The molecule has 1 aromatic carbocycles. The van der Waals surface area contributed by atoms with Crippen molar-refractivity contribution in [2.75, 3.05) is 27.3 Å². The number of carbonyl (C=O) groups is 1. The van der Waals surface area contributed by atoms with Crippen LogP contribution in [0.2, 0.25) is 0 Å². The summed E-state index contributed by atoms with van der Waals surface area (Å²) in [6.45, 7) is 3.10. The Balaban J connectivity index is 2.19. The van der Waals surface area contributed by atoms with Gasteiger partial charge in [0.2, 0.25) is 0 Å². The summed E-state index contributed by atoms with van der Waals surface area (Å²) in [5, 5.41) is 0. The Morgan fingerprint density at radius 2 is 1.84 bits per heavy atom. The van der Waals surface area contributed by atoms with Crippen LogP contribution in [0.5, 0.6) is 0 Å². The van der Waals surface area contributed by atoms with Crippen molar-refractivity contribution in [1.82, 2.24) is 4.90 Å². The molecule has 0 bridgehead atoms. The summed E-state index contributed by atoms with van der Waals surface area (Å²) in [6.07, 6.45) is -0.116. The van der Waals surface area contributed by atoms with E-state index in [9.17, 15) is 4.79 Å². The number of carbonyl (C=O) groups excluding carboxylic acids is 1. The van der Waals surface area contributed by atoms with Gasteiger partial charge in [0.1, 0.15) is 12.2 Å². The number of amides is 1. The second kappa shape index (κ2) is 6.03. The van der Waals surface area contributed by atoms with E-state index in [2.05, 4.69) is 15.9 Å². The van der Waals surface area contributed by atoms with Crippen LogP contribution >= 0.6 is 15.9 Å². The zero-order valence-electron chi connectivity index (χ0n) is 11.4. The molecule has 1 amide bonds. The molecule has 2 atom stereocenters. The first-order valence-electron chi connectivity index (χ1n) is 6.17. The molecule has 1 aliphatic rings. The minimum atomic E-state index is -0.0578. The van der Waals surface area contributed by atoms with E-state index in [1.54, 1.807) is 19.1 Å². The second-order valence-electron chi connectivity index (χ2n) is 4.74. The molecule has 2 rings (SSSR count). The number of rotatable bonds is 3. The highest BCUT2D eigenvalue weighted by Gasteiger charge is 2.36. The Kier molecular flexibility index (Phi) is 4.60. The van der Waals surface area contributed by atoms with Crippen molar-refractivity contribution in [1.29, 1.82) is 0 Å². The third kappa shape index (κ3) is 2.99. The van der Waals surface area contributed by atoms with Gasteiger partial charge in [0.25, 0.3) is 5.91 Å². The Bertz CT molecular complexity index is 466. The quantitative estimate of drug-likeness (QED) is 0.854. The van der Waals surface area contributed by atoms with Crippen molar-refractivity contribution in [3.05, 3.63) is 33.8 Å². The van der Waals surface area contributed by atoms with E-state index < -0.39 is 0 Å². The molecule has 1 saturated heterocycles. The molecular weight excluding hydrogens is 310 g/mol. The molecule has 0 aromatic heterocycles. The normalized spacial score (nSPS) is 22.8. The van der Waals surface area contributed by atoms with Crippen LogP contribution in [-0.4, -0.2) is 50.3 Å². The monoisotopic (exact) mass is 327 g/mol. The molecule has 4 nitrogen and oxygen atoms in total. The van der Waals surface area contributed by atoms with Crippen LogP contribution in [0.1, 0.15) is 15.9 Å². The molecule has 0 saturated carbocycles. The maximum Gasteiger partial charge on any atom is 0.255 e. The lowest BCUT2D eigenvalue weighted by atomic mass is 10.1. The minimum absolute atomic E-state index is 0.0113. The number of hydrogen-bond acceptors (Lipinski definition) is 3. The van der Waals surface area contributed by atoms with Crippen molar-refractivity contribution < 1.29 is 14.3 Å². The lowest BCUT2D eigenvalue weighted by Crippen LogP contribution is -2.30. The smallest absolute Gasteiger partial charge is 0.255 e. The number of benzene rings is 1. The molecule has 1 aromatic rings. The molecule has 104 valence electrons.